The second-order valence-corrected chi connectivity index (χ2v) is 6.39. The Hall–Kier alpha value is -1.85. The second kappa shape index (κ2) is 7.15. The Balaban J connectivity index is 1.73. The van der Waals surface area contributed by atoms with Crippen LogP contribution in [0.1, 0.15) is 17.5 Å². The second-order valence-electron chi connectivity index (χ2n) is 6.39. The third kappa shape index (κ3) is 3.92. The Morgan fingerprint density at radius 2 is 2.09 bits per heavy atom. The van der Waals surface area contributed by atoms with Gasteiger partial charge in [-0.1, -0.05) is 11.6 Å². The van der Waals surface area contributed by atoms with Gasteiger partial charge in [0, 0.05) is 43.3 Å². The van der Waals surface area contributed by atoms with Gasteiger partial charge in [-0.15, -0.1) is 0 Å². The highest BCUT2D eigenvalue weighted by atomic mass is 16.4. The molecule has 23 heavy (non-hydrogen) atoms. The third-order valence-corrected chi connectivity index (χ3v) is 4.55. The van der Waals surface area contributed by atoms with Crippen molar-refractivity contribution in [3.63, 3.8) is 0 Å². The van der Waals surface area contributed by atoms with E-state index < -0.39 is 5.97 Å². The lowest BCUT2D eigenvalue weighted by Crippen LogP contribution is -2.43. The first-order valence-electron chi connectivity index (χ1n) is 8.37. The van der Waals surface area contributed by atoms with Crippen molar-refractivity contribution < 1.29 is 9.90 Å². The largest absolute Gasteiger partial charge is 0.480 e. The van der Waals surface area contributed by atoms with Crippen molar-refractivity contribution in [3.05, 3.63) is 35.5 Å². The van der Waals surface area contributed by atoms with E-state index in [-0.39, 0.29) is 6.54 Å². The molecule has 1 aliphatic rings. The molecule has 124 valence electrons. The SMILES string of the molecule is Cc1ccc2c(c1)c(CCCN1CCNCC1)cn2CC(=O)O. The van der Waals surface area contributed by atoms with E-state index in [1.807, 2.05) is 22.9 Å². The van der Waals surface area contributed by atoms with E-state index >= 15 is 0 Å². The van der Waals surface area contributed by atoms with Gasteiger partial charge in [-0.3, -0.25) is 4.79 Å². The average molecular weight is 315 g/mol. The van der Waals surface area contributed by atoms with Gasteiger partial charge in [0.2, 0.25) is 0 Å². The van der Waals surface area contributed by atoms with E-state index in [1.165, 1.54) is 16.5 Å². The van der Waals surface area contributed by atoms with Crippen LogP contribution in [0.15, 0.2) is 24.4 Å². The minimum Gasteiger partial charge on any atom is -0.480 e. The Kier molecular flexibility index (Phi) is 4.98. The van der Waals surface area contributed by atoms with E-state index in [0.717, 1.165) is 51.1 Å². The number of hydrogen-bond acceptors (Lipinski definition) is 3. The molecule has 2 N–H and O–H groups in total. The summed E-state index contributed by atoms with van der Waals surface area (Å²) in [7, 11) is 0. The van der Waals surface area contributed by atoms with Gasteiger partial charge in [-0.2, -0.15) is 0 Å². The lowest BCUT2D eigenvalue weighted by Gasteiger charge is -2.26. The van der Waals surface area contributed by atoms with Gasteiger partial charge in [0.05, 0.1) is 0 Å². The minimum absolute atomic E-state index is 0.0252. The third-order valence-electron chi connectivity index (χ3n) is 4.55. The van der Waals surface area contributed by atoms with E-state index in [4.69, 9.17) is 5.11 Å². The zero-order valence-electron chi connectivity index (χ0n) is 13.7. The van der Waals surface area contributed by atoms with Crippen LogP contribution in [0, 0.1) is 6.92 Å². The predicted octanol–water partition coefficient (Wildman–Crippen LogP) is 1.87. The number of carbonyl (C=O) groups is 1. The van der Waals surface area contributed by atoms with Gasteiger partial charge in [0.15, 0.2) is 0 Å². The zero-order chi connectivity index (χ0) is 16.2. The number of aliphatic carboxylic acids is 1. The molecule has 1 aromatic carbocycles. The van der Waals surface area contributed by atoms with Crippen molar-refractivity contribution in [1.82, 2.24) is 14.8 Å². The van der Waals surface area contributed by atoms with Crippen molar-refractivity contribution in [2.24, 2.45) is 0 Å². The standard InChI is InChI=1S/C18H25N3O2/c1-14-4-5-17-16(11-14)15(12-21(17)13-18(22)23)3-2-8-20-9-6-19-7-10-20/h4-5,11-12,19H,2-3,6-10,13H2,1H3,(H,22,23). The number of fused-ring (bicyclic) bond motifs is 1. The highest BCUT2D eigenvalue weighted by Gasteiger charge is 2.12. The number of aryl methyl sites for hydroxylation is 2. The van der Waals surface area contributed by atoms with Crippen molar-refractivity contribution in [2.75, 3.05) is 32.7 Å². The summed E-state index contributed by atoms with van der Waals surface area (Å²) in [5.74, 6) is -0.796. The summed E-state index contributed by atoms with van der Waals surface area (Å²) in [6.07, 6.45) is 4.13. The van der Waals surface area contributed by atoms with E-state index in [9.17, 15) is 4.79 Å². The van der Waals surface area contributed by atoms with Crippen LogP contribution in [0.25, 0.3) is 10.9 Å². The molecule has 1 aromatic heterocycles. The zero-order valence-corrected chi connectivity index (χ0v) is 13.7. The summed E-state index contributed by atoms with van der Waals surface area (Å²) < 4.78 is 1.86. The Morgan fingerprint density at radius 3 is 2.83 bits per heavy atom. The van der Waals surface area contributed by atoms with Crippen molar-refractivity contribution >= 4 is 16.9 Å². The molecule has 5 nitrogen and oxygen atoms in total. The lowest BCUT2D eigenvalue weighted by atomic mass is 10.1. The first-order chi connectivity index (χ1) is 11.1. The maximum atomic E-state index is 11.1. The highest BCUT2D eigenvalue weighted by Crippen LogP contribution is 2.24. The number of nitrogens with zero attached hydrogens (tertiary/aromatic N) is 2. The fourth-order valence-electron chi connectivity index (χ4n) is 3.39. The number of hydrogen-bond donors (Lipinski definition) is 2. The van der Waals surface area contributed by atoms with E-state index in [0.29, 0.717) is 0 Å². The van der Waals surface area contributed by atoms with Gasteiger partial charge in [0.1, 0.15) is 6.54 Å². The van der Waals surface area contributed by atoms with Crippen LogP contribution in [0.4, 0.5) is 0 Å². The maximum absolute atomic E-state index is 11.1. The number of aromatic nitrogens is 1. The first-order valence-corrected chi connectivity index (χ1v) is 8.37. The molecule has 5 heteroatoms. The number of carboxylic acids is 1. The van der Waals surface area contributed by atoms with Gasteiger partial charge < -0.3 is 19.9 Å². The molecule has 0 bridgehead atoms. The van der Waals surface area contributed by atoms with Gasteiger partial charge in [-0.05, 0) is 44.0 Å². The smallest absolute Gasteiger partial charge is 0.323 e. The molecule has 0 radical (unpaired) electrons. The summed E-state index contributed by atoms with van der Waals surface area (Å²) in [6.45, 7) is 7.63. The van der Waals surface area contributed by atoms with Gasteiger partial charge >= 0.3 is 5.97 Å². The van der Waals surface area contributed by atoms with Crippen molar-refractivity contribution in [2.45, 2.75) is 26.3 Å². The van der Waals surface area contributed by atoms with Gasteiger partial charge in [0.25, 0.3) is 0 Å². The van der Waals surface area contributed by atoms with Crippen LogP contribution >= 0.6 is 0 Å². The summed E-state index contributed by atoms with van der Waals surface area (Å²) in [5, 5.41) is 13.7. The van der Waals surface area contributed by atoms with E-state index in [2.05, 4.69) is 23.2 Å². The molecule has 0 unspecified atom stereocenters. The number of rotatable bonds is 6. The van der Waals surface area contributed by atoms with Crippen LogP contribution in [0.3, 0.4) is 0 Å². The number of nitrogens with one attached hydrogen (secondary N) is 1. The normalized spacial score (nSPS) is 16.0. The molecular weight excluding hydrogens is 290 g/mol. The highest BCUT2D eigenvalue weighted by molar-refractivity contribution is 5.86. The van der Waals surface area contributed by atoms with Crippen LogP contribution in [-0.2, 0) is 17.8 Å². The fourth-order valence-corrected chi connectivity index (χ4v) is 3.39. The average Bonchev–Trinajstić information content (AvgIpc) is 2.85. The fraction of sp³-hybridized carbons (Fsp3) is 0.500. The molecule has 1 fully saturated rings. The van der Waals surface area contributed by atoms with Crippen LogP contribution in [-0.4, -0.2) is 53.3 Å². The molecular formula is C18H25N3O2. The topological polar surface area (TPSA) is 57.5 Å². The Morgan fingerprint density at radius 1 is 1.30 bits per heavy atom. The minimum atomic E-state index is -0.796. The van der Waals surface area contributed by atoms with E-state index in [1.54, 1.807) is 0 Å². The molecule has 0 aliphatic carbocycles. The Bertz CT molecular complexity index is 687. The molecule has 1 aliphatic heterocycles. The molecule has 2 heterocycles. The quantitative estimate of drug-likeness (QED) is 0.854. The predicted molar refractivity (Wildman–Crippen MR) is 91.9 cm³/mol. The number of carboxylic acid groups (broad SMARTS) is 1. The van der Waals surface area contributed by atoms with Crippen molar-refractivity contribution in [3.8, 4) is 0 Å². The summed E-state index contributed by atoms with van der Waals surface area (Å²) >= 11 is 0. The molecule has 0 spiro atoms. The number of benzene rings is 1. The van der Waals surface area contributed by atoms with Gasteiger partial charge in [-0.25, -0.2) is 0 Å². The number of piperazine rings is 1. The molecule has 0 atom stereocenters. The van der Waals surface area contributed by atoms with Crippen LogP contribution < -0.4 is 5.32 Å². The summed E-state index contributed by atoms with van der Waals surface area (Å²) in [6, 6.07) is 6.26. The molecule has 3 rings (SSSR count). The van der Waals surface area contributed by atoms with Crippen LogP contribution in [0.2, 0.25) is 0 Å². The monoisotopic (exact) mass is 315 g/mol. The molecule has 1 saturated heterocycles. The van der Waals surface area contributed by atoms with Crippen LogP contribution in [0.5, 0.6) is 0 Å². The summed E-state index contributed by atoms with van der Waals surface area (Å²) in [5.41, 5.74) is 3.50. The summed E-state index contributed by atoms with van der Waals surface area (Å²) in [4.78, 5) is 13.6. The molecule has 2 aromatic rings. The maximum Gasteiger partial charge on any atom is 0.323 e. The lowest BCUT2D eigenvalue weighted by molar-refractivity contribution is -0.137. The Labute approximate surface area is 136 Å². The molecule has 0 saturated carbocycles. The van der Waals surface area contributed by atoms with Crippen molar-refractivity contribution in [1.29, 1.82) is 0 Å². The first kappa shape index (κ1) is 16.0. The molecule has 0 amide bonds.